The van der Waals surface area contributed by atoms with E-state index in [1.807, 2.05) is 6.92 Å². The molecule has 3 atom stereocenters. The summed E-state index contributed by atoms with van der Waals surface area (Å²) >= 11 is 0. The summed E-state index contributed by atoms with van der Waals surface area (Å²) in [5, 5.41) is 4.79. The monoisotopic (exact) mass is 464 g/mol. The van der Waals surface area contributed by atoms with Gasteiger partial charge in [-0.25, -0.2) is 4.68 Å². The molecule has 0 radical (unpaired) electrons. The van der Waals surface area contributed by atoms with Gasteiger partial charge in [-0.05, 0) is 68.2 Å². The molecule has 2 aromatic rings. The van der Waals surface area contributed by atoms with Gasteiger partial charge in [-0.1, -0.05) is 0 Å². The number of anilines is 1. The molecule has 1 aromatic carbocycles. The van der Waals surface area contributed by atoms with Crippen molar-refractivity contribution in [3.63, 3.8) is 0 Å². The molecule has 180 valence electrons. The van der Waals surface area contributed by atoms with E-state index in [2.05, 4.69) is 20.6 Å². The van der Waals surface area contributed by atoms with E-state index in [1.54, 1.807) is 16.8 Å². The molecule has 1 aromatic heterocycles. The molecule has 0 amide bonds. The van der Waals surface area contributed by atoms with Gasteiger partial charge in [0.25, 0.3) is 0 Å². The molecule has 9 heteroatoms. The van der Waals surface area contributed by atoms with E-state index in [9.17, 15) is 13.2 Å². The zero-order chi connectivity index (χ0) is 23.0. The molecule has 33 heavy (non-hydrogen) atoms. The Morgan fingerprint density at radius 1 is 1.06 bits per heavy atom. The van der Waals surface area contributed by atoms with Crippen molar-refractivity contribution >= 4 is 5.82 Å². The van der Waals surface area contributed by atoms with Crippen LogP contribution in [0.15, 0.2) is 30.3 Å². The zero-order valence-electron chi connectivity index (χ0n) is 18.9. The number of aromatic nitrogens is 2. The largest absolute Gasteiger partial charge is 0.573 e. The molecule has 0 spiro atoms. The van der Waals surface area contributed by atoms with Gasteiger partial charge in [0.1, 0.15) is 5.75 Å². The Hall–Kier alpha value is -2.26. The highest BCUT2D eigenvalue weighted by molar-refractivity contribution is 5.46. The van der Waals surface area contributed by atoms with Crippen molar-refractivity contribution in [2.24, 2.45) is 17.8 Å². The molecular formula is C24H31F3N4O2. The maximum Gasteiger partial charge on any atom is 0.573 e. The summed E-state index contributed by atoms with van der Waals surface area (Å²) in [7, 11) is 0. The van der Waals surface area contributed by atoms with Crippen LogP contribution in [0.25, 0.3) is 5.69 Å². The second kappa shape index (κ2) is 9.18. The average Bonchev–Trinajstić information content (AvgIpc) is 3.37. The first-order chi connectivity index (χ1) is 15.8. The second-order valence-corrected chi connectivity index (χ2v) is 9.61. The minimum Gasteiger partial charge on any atom is -0.406 e. The Labute approximate surface area is 192 Å². The van der Waals surface area contributed by atoms with Crippen LogP contribution in [-0.4, -0.2) is 67.0 Å². The van der Waals surface area contributed by atoms with Gasteiger partial charge in [-0.2, -0.15) is 5.10 Å². The molecule has 3 heterocycles. The van der Waals surface area contributed by atoms with Crippen molar-refractivity contribution in [1.29, 1.82) is 0 Å². The van der Waals surface area contributed by atoms with Crippen molar-refractivity contribution in [2.75, 3.05) is 50.8 Å². The summed E-state index contributed by atoms with van der Waals surface area (Å²) in [5.41, 5.74) is 1.67. The lowest BCUT2D eigenvalue weighted by Crippen LogP contribution is -2.41. The third kappa shape index (κ3) is 5.30. The van der Waals surface area contributed by atoms with Gasteiger partial charge in [0, 0.05) is 44.5 Å². The summed E-state index contributed by atoms with van der Waals surface area (Å²) in [6, 6.07) is 7.92. The van der Waals surface area contributed by atoms with Crippen LogP contribution in [0.5, 0.6) is 5.75 Å². The number of nitrogens with zero attached hydrogens (tertiary/aromatic N) is 4. The van der Waals surface area contributed by atoms with Crippen molar-refractivity contribution in [1.82, 2.24) is 14.7 Å². The SMILES string of the molecule is Cc1cc(N2CC3CCC(CN4CCOCC4)CC3C2)nn1-c1ccc(OC(F)(F)F)cc1. The van der Waals surface area contributed by atoms with Crippen molar-refractivity contribution in [3.05, 3.63) is 36.0 Å². The van der Waals surface area contributed by atoms with E-state index in [0.29, 0.717) is 5.92 Å². The molecule has 0 bridgehead atoms. The maximum absolute atomic E-state index is 12.4. The van der Waals surface area contributed by atoms with Gasteiger partial charge in [0.05, 0.1) is 18.9 Å². The highest BCUT2D eigenvalue weighted by Crippen LogP contribution is 2.41. The van der Waals surface area contributed by atoms with Gasteiger partial charge in [-0.3, -0.25) is 4.90 Å². The summed E-state index contributed by atoms with van der Waals surface area (Å²) < 4.78 is 48.5. The highest BCUT2D eigenvalue weighted by atomic mass is 19.4. The molecule has 1 aliphatic carbocycles. The normalized spacial score (nSPS) is 26.4. The summed E-state index contributed by atoms with van der Waals surface area (Å²) in [5.74, 6) is 2.90. The summed E-state index contributed by atoms with van der Waals surface area (Å²) in [4.78, 5) is 4.94. The number of ether oxygens (including phenoxy) is 2. The van der Waals surface area contributed by atoms with Crippen LogP contribution in [0.2, 0.25) is 0 Å². The molecule has 5 rings (SSSR count). The number of halogens is 3. The number of alkyl halides is 3. The number of rotatable bonds is 5. The van der Waals surface area contributed by atoms with E-state index in [1.165, 1.54) is 37.9 Å². The smallest absolute Gasteiger partial charge is 0.406 e. The Kier molecular flexibility index (Phi) is 6.26. The van der Waals surface area contributed by atoms with Crippen LogP contribution in [0, 0.1) is 24.7 Å². The van der Waals surface area contributed by atoms with Gasteiger partial charge >= 0.3 is 6.36 Å². The first-order valence-electron chi connectivity index (χ1n) is 11.8. The Bertz CT molecular complexity index is 940. The molecule has 2 saturated heterocycles. The van der Waals surface area contributed by atoms with Crippen LogP contribution in [0.4, 0.5) is 19.0 Å². The molecule has 3 fully saturated rings. The number of aryl methyl sites for hydroxylation is 1. The van der Waals surface area contributed by atoms with Crippen LogP contribution in [-0.2, 0) is 4.74 Å². The van der Waals surface area contributed by atoms with E-state index >= 15 is 0 Å². The van der Waals surface area contributed by atoms with E-state index < -0.39 is 6.36 Å². The van der Waals surface area contributed by atoms with E-state index in [0.717, 1.165) is 68.4 Å². The zero-order valence-corrected chi connectivity index (χ0v) is 18.9. The lowest BCUT2D eigenvalue weighted by atomic mass is 9.76. The van der Waals surface area contributed by atoms with Crippen LogP contribution >= 0.6 is 0 Å². The number of fused-ring (bicyclic) bond motifs is 1. The molecule has 2 aliphatic heterocycles. The fourth-order valence-corrected chi connectivity index (χ4v) is 5.69. The van der Waals surface area contributed by atoms with Gasteiger partial charge in [0.15, 0.2) is 5.82 Å². The Morgan fingerprint density at radius 3 is 2.52 bits per heavy atom. The molecule has 3 aliphatic rings. The number of hydrogen-bond acceptors (Lipinski definition) is 5. The first kappa shape index (κ1) is 22.5. The quantitative estimate of drug-likeness (QED) is 0.662. The van der Waals surface area contributed by atoms with Gasteiger partial charge in [0.2, 0.25) is 0 Å². The maximum atomic E-state index is 12.4. The van der Waals surface area contributed by atoms with Crippen LogP contribution in [0.1, 0.15) is 25.0 Å². The van der Waals surface area contributed by atoms with Crippen LogP contribution in [0.3, 0.4) is 0 Å². The Balaban J connectivity index is 1.22. The predicted octanol–water partition coefficient (Wildman–Crippen LogP) is 4.26. The predicted molar refractivity (Wildman–Crippen MR) is 119 cm³/mol. The van der Waals surface area contributed by atoms with E-state index in [-0.39, 0.29) is 5.75 Å². The minimum absolute atomic E-state index is 0.230. The molecule has 1 saturated carbocycles. The molecular weight excluding hydrogens is 433 g/mol. The second-order valence-electron chi connectivity index (χ2n) is 9.61. The minimum atomic E-state index is -4.69. The van der Waals surface area contributed by atoms with Crippen molar-refractivity contribution < 1.29 is 22.6 Å². The first-order valence-corrected chi connectivity index (χ1v) is 11.8. The van der Waals surface area contributed by atoms with Gasteiger partial charge in [-0.15, -0.1) is 13.2 Å². The molecule has 0 N–H and O–H groups in total. The molecule has 3 unspecified atom stereocenters. The Morgan fingerprint density at radius 2 is 1.79 bits per heavy atom. The third-order valence-corrected chi connectivity index (χ3v) is 7.29. The lowest BCUT2D eigenvalue weighted by Gasteiger charge is -2.35. The number of hydrogen-bond donors (Lipinski definition) is 0. The molecule has 6 nitrogen and oxygen atoms in total. The summed E-state index contributed by atoms with van der Waals surface area (Å²) in [6.07, 6.45) is -0.842. The number of benzene rings is 1. The number of morpholine rings is 1. The lowest BCUT2D eigenvalue weighted by molar-refractivity contribution is -0.274. The highest BCUT2D eigenvalue weighted by Gasteiger charge is 2.39. The third-order valence-electron chi connectivity index (χ3n) is 7.29. The fraction of sp³-hybridized carbons (Fsp3) is 0.625. The van der Waals surface area contributed by atoms with Gasteiger partial charge < -0.3 is 14.4 Å². The average molecular weight is 465 g/mol. The fourth-order valence-electron chi connectivity index (χ4n) is 5.69. The van der Waals surface area contributed by atoms with Crippen molar-refractivity contribution in [3.8, 4) is 11.4 Å². The van der Waals surface area contributed by atoms with E-state index in [4.69, 9.17) is 9.84 Å². The topological polar surface area (TPSA) is 42.8 Å². The standard InChI is InChI=1S/C24H31F3N4O2/c1-17-12-23(28-31(17)21-4-6-22(7-5-21)33-24(25,26)27)30-15-19-3-2-18(13-20(19)16-30)14-29-8-10-32-11-9-29/h4-7,12,18-20H,2-3,8-11,13-16H2,1H3. The summed E-state index contributed by atoms with van der Waals surface area (Å²) in [6.45, 7) is 9.03. The van der Waals surface area contributed by atoms with Crippen molar-refractivity contribution in [2.45, 2.75) is 32.5 Å². The van der Waals surface area contributed by atoms with Crippen LogP contribution < -0.4 is 9.64 Å².